The molecule has 1 saturated heterocycles. The van der Waals surface area contributed by atoms with Crippen LogP contribution in [0.15, 0.2) is 24.5 Å². The van der Waals surface area contributed by atoms with Gasteiger partial charge >= 0.3 is 0 Å². The predicted molar refractivity (Wildman–Crippen MR) is 64.1 cm³/mol. The van der Waals surface area contributed by atoms with E-state index in [-0.39, 0.29) is 12.4 Å². The SMILES string of the molecule is Cl.c1cc(CS[C@@H]2CCNC2)ccn1. The molecule has 0 amide bonds. The maximum Gasteiger partial charge on any atom is 0.0270 e. The summed E-state index contributed by atoms with van der Waals surface area (Å²) in [6.45, 7) is 2.36. The molecule has 0 aromatic carbocycles. The van der Waals surface area contributed by atoms with Crippen molar-refractivity contribution in [2.24, 2.45) is 0 Å². The molecule has 0 bridgehead atoms. The largest absolute Gasteiger partial charge is 0.316 e. The second kappa shape index (κ2) is 6.27. The Hall–Kier alpha value is -0.250. The summed E-state index contributed by atoms with van der Waals surface area (Å²) in [7, 11) is 0. The molecule has 1 fully saturated rings. The Labute approximate surface area is 95.3 Å². The van der Waals surface area contributed by atoms with E-state index in [1.165, 1.54) is 25.1 Å². The molecule has 0 saturated carbocycles. The van der Waals surface area contributed by atoms with Gasteiger partial charge in [0.05, 0.1) is 0 Å². The lowest BCUT2D eigenvalue weighted by Crippen LogP contribution is -2.10. The van der Waals surface area contributed by atoms with Crippen LogP contribution in [0.5, 0.6) is 0 Å². The van der Waals surface area contributed by atoms with Gasteiger partial charge in [0.25, 0.3) is 0 Å². The third-order valence-electron chi connectivity index (χ3n) is 2.25. The summed E-state index contributed by atoms with van der Waals surface area (Å²) in [5.74, 6) is 1.12. The van der Waals surface area contributed by atoms with Crippen LogP contribution in [-0.2, 0) is 5.75 Å². The number of thioether (sulfide) groups is 1. The zero-order valence-electron chi connectivity index (χ0n) is 7.98. The van der Waals surface area contributed by atoms with E-state index in [2.05, 4.69) is 22.4 Å². The zero-order chi connectivity index (χ0) is 8.93. The number of halogens is 1. The van der Waals surface area contributed by atoms with E-state index in [1.54, 1.807) is 0 Å². The van der Waals surface area contributed by atoms with Gasteiger partial charge in [-0.3, -0.25) is 4.98 Å². The average molecular weight is 231 g/mol. The van der Waals surface area contributed by atoms with Gasteiger partial charge in [-0.05, 0) is 30.7 Å². The molecule has 0 spiro atoms. The van der Waals surface area contributed by atoms with Crippen LogP contribution in [-0.4, -0.2) is 23.3 Å². The molecular formula is C10H15ClN2S. The molecule has 1 aliphatic heterocycles. The topological polar surface area (TPSA) is 24.9 Å². The molecule has 14 heavy (non-hydrogen) atoms. The van der Waals surface area contributed by atoms with Crippen LogP contribution in [0.2, 0.25) is 0 Å². The number of nitrogens with one attached hydrogen (secondary N) is 1. The first kappa shape index (κ1) is 11.8. The van der Waals surface area contributed by atoms with E-state index in [0.29, 0.717) is 0 Å². The quantitative estimate of drug-likeness (QED) is 0.861. The predicted octanol–water partition coefficient (Wildman–Crippen LogP) is 2.10. The first-order valence-electron chi connectivity index (χ1n) is 4.66. The minimum absolute atomic E-state index is 0. The van der Waals surface area contributed by atoms with E-state index in [9.17, 15) is 0 Å². The Bertz CT molecular complexity index is 250. The van der Waals surface area contributed by atoms with Gasteiger partial charge < -0.3 is 5.32 Å². The maximum absolute atomic E-state index is 4.00. The lowest BCUT2D eigenvalue weighted by Gasteiger charge is -2.06. The van der Waals surface area contributed by atoms with E-state index >= 15 is 0 Å². The van der Waals surface area contributed by atoms with Crippen molar-refractivity contribution in [2.45, 2.75) is 17.4 Å². The number of hydrogen-bond donors (Lipinski definition) is 1. The lowest BCUT2D eigenvalue weighted by molar-refractivity contribution is 0.858. The van der Waals surface area contributed by atoms with Crippen LogP contribution in [0.1, 0.15) is 12.0 Å². The van der Waals surface area contributed by atoms with Crippen LogP contribution in [0.3, 0.4) is 0 Å². The van der Waals surface area contributed by atoms with Crippen molar-refractivity contribution in [3.8, 4) is 0 Å². The second-order valence-electron chi connectivity index (χ2n) is 3.28. The van der Waals surface area contributed by atoms with E-state index in [1.807, 2.05) is 24.2 Å². The van der Waals surface area contributed by atoms with Gasteiger partial charge in [0.15, 0.2) is 0 Å². The zero-order valence-corrected chi connectivity index (χ0v) is 9.61. The van der Waals surface area contributed by atoms with Crippen molar-refractivity contribution in [2.75, 3.05) is 13.1 Å². The molecule has 1 aliphatic rings. The van der Waals surface area contributed by atoms with E-state index < -0.39 is 0 Å². The molecule has 1 N–H and O–H groups in total. The highest BCUT2D eigenvalue weighted by molar-refractivity contribution is 7.99. The number of hydrogen-bond acceptors (Lipinski definition) is 3. The van der Waals surface area contributed by atoms with Crippen LogP contribution in [0, 0.1) is 0 Å². The van der Waals surface area contributed by atoms with Crippen LogP contribution in [0.25, 0.3) is 0 Å². The Kier molecular flexibility index (Phi) is 5.30. The molecule has 0 radical (unpaired) electrons. The maximum atomic E-state index is 4.00. The number of aromatic nitrogens is 1. The molecule has 78 valence electrons. The van der Waals surface area contributed by atoms with E-state index in [4.69, 9.17) is 0 Å². The minimum atomic E-state index is 0. The Balaban J connectivity index is 0.000000980. The summed E-state index contributed by atoms with van der Waals surface area (Å²) < 4.78 is 0. The summed E-state index contributed by atoms with van der Waals surface area (Å²) >= 11 is 2.05. The summed E-state index contributed by atoms with van der Waals surface area (Å²) in [5, 5.41) is 4.19. The first-order valence-corrected chi connectivity index (χ1v) is 5.71. The Morgan fingerprint density at radius 3 is 2.86 bits per heavy atom. The Morgan fingerprint density at radius 2 is 2.21 bits per heavy atom. The van der Waals surface area contributed by atoms with Crippen molar-refractivity contribution in [1.29, 1.82) is 0 Å². The molecule has 0 unspecified atom stereocenters. The molecule has 4 heteroatoms. The third kappa shape index (κ3) is 3.48. The third-order valence-corrected chi connectivity index (χ3v) is 3.62. The van der Waals surface area contributed by atoms with Crippen LogP contribution < -0.4 is 5.32 Å². The second-order valence-corrected chi connectivity index (χ2v) is 4.57. The fourth-order valence-corrected chi connectivity index (χ4v) is 2.60. The first-order chi connectivity index (χ1) is 6.45. The highest BCUT2D eigenvalue weighted by Crippen LogP contribution is 2.21. The van der Waals surface area contributed by atoms with Gasteiger partial charge in [-0.25, -0.2) is 0 Å². The molecule has 1 aromatic heterocycles. The molecule has 2 rings (SSSR count). The molecule has 0 aliphatic carbocycles. The molecule has 2 heterocycles. The van der Waals surface area contributed by atoms with Gasteiger partial charge in [0.1, 0.15) is 0 Å². The van der Waals surface area contributed by atoms with Crippen molar-refractivity contribution < 1.29 is 0 Å². The summed E-state index contributed by atoms with van der Waals surface area (Å²) in [4.78, 5) is 4.00. The number of rotatable bonds is 3. The summed E-state index contributed by atoms with van der Waals surface area (Å²) in [6, 6.07) is 4.19. The smallest absolute Gasteiger partial charge is 0.0270 e. The minimum Gasteiger partial charge on any atom is -0.316 e. The molecule has 1 aromatic rings. The number of pyridine rings is 1. The fourth-order valence-electron chi connectivity index (χ4n) is 1.46. The lowest BCUT2D eigenvalue weighted by atomic mass is 10.3. The summed E-state index contributed by atoms with van der Waals surface area (Å²) in [5.41, 5.74) is 1.38. The highest BCUT2D eigenvalue weighted by Gasteiger charge is 2.14. The standard InChI is InChI=1S/C10H14N2S.ClH/c1-4-11-5-2-9(1)8-13-10-3-6-12-7-10;/h1-2,4-5,10,12H,3,6-8H2;1H/t10-;/m1./s1. The molecule has 2 nitrogen and oxygen atoms in total. The highest BCUT2D eigenvalue weighted by atomic mass is 35.5. The van der Waals surface area contributed by atoms with Crippen molar-refractivity contribution in [3.63, 3.8) is 0 Å². The average Bonchev–Trinajstić information content (AvgIpc) is 2.69. The fraction of sp³-hybridized carbons (Fsp3) is 0.500. The van der Waals surface area contributed by atoms with Gasteiger partial charge in [-0.2, -0.15) is 11.8 Å². The van der Waals surface area contributed by atoms with E-state index in [0.717, 1.165) is 11.0 Å². The van der Waals surface area contributed by atoms with Gasteiger partial charge in [0.2, 0.25) is 0 Å². The summed E-state index contributed by atoms with van der Waals surface area (Å²) in [6.07, 6.45) is 5.04. The van der Waals surface area contributed by atoms with Gasteiger partial charge in [-0.15, -0.1) is 12.4 Å². The molecule has 1 atom stereocenters. The Morgan fingerprint density at radius 1 is 1.43 bits per heavy atom. The van der Waals surface area contributed by atoms with Crippen molar-refractivity contribution in [1.82, 2.24) is 10.3 Å². The number of nitrogens with zero attached hydrogens (tertiary/aromatic N) is 1. The van der Waals surface area contributed by atoms with Crippen molar-refractivity contribution >= 4 is 24.2 Å². The monoisotopic (exact) mass is 230 g/mol. The van der Waals surface area contributed by atoms with Crippen LogP contribution >= 0.6 is 24.2 Å². The molecular weight excluding hydrogens is 216 g/mol. The van der Waals surface area contributed by atoms with Gasteiger partial charge in [-0.1, -0.05) is 0 Å². The van der Waals surface area contributed by atoms with Crippen molar-refractivity contribution in [3.05, 3.63) is 30.1 Å². The van der Waals surface area contributed by atoms with Crippen LogP contribution in [0.4, 0.5) is 0 Å². The van der Waals surface area contributed by atoms with Gasteiger partial charge in [0, 0.05) is 29.9 Å². The normalized spacial score (nSPS) is 20.4.